The summed E-state index contributed by atoms with van der Waals surface area (Å²) in [5, 5.41) is 0. The fraction of sp³-hybridized carbons (Fsp3) is 0.571. The summed E-state index contributed by atoms with van der Waals surface area (Å²) in [4.78, 5) is 0. The van der Waals surface area contributed by atoms with E-state index in [0.717, 1.165) is 13.2 Å². The van der Waals surface area contributed by atoms with E-state index < -0.39 is 0 Å². The molecule has 1 aliphatic rings. The molecule has 1 nitrogen and oxygen atoms in total. The lowest BCUT2D eigenvalue weighted by molar-refractivity contribution is 0.152. The summed E-state index contributed by atoms with van der Waals surface area (Å²) in [7, 11) is 0. The van der Waals surface area contributed by atoms with Gasteiger partial charge in [0.05, 0.1) is 13.2 Å². The fourth-order valence-corrected chi connectivity index (χ4v) is 2.44. The molecule has 0 unspecified atom stereocenters. The Hall–Kier alpha value is -0.820. The molecule has 0 N–H and O–H groups in total. The van der Waals surface area contributed by atoms with Crippen LogP contribution in [-0.2, 0) is 4.74 Å². The zero-order valence-corrected chi connectivity index (χ0v) is 9.86. The molecule has 1 aliphatic heterocycles. The van der Waals surface area contributed by atoms with Gasteiger partial charge in [-0.2, -0.15) is 0 Å². The highest BCUT2D eigenvalue weighted by Gasteiger charge is 2.37. The first-order valence-corrected chi connectivity index (χ1v) is 5.72. The van der Waals surface area contributed by atoms with Gasteiger partial charge < -0.3 is 4.74 Å². The van der Waals surface area contributed by atoms with Gasteiger partial charge >= 0.3 is 0 Å². The van der Waals surface area contributed by atoms with Gasteiger partial charge in [-0.05, 0) is 16.9 Å². The molecule has 82 valence electrons. The molecule has 0 amide bonds. The summed E-state index contributed by atoms with van der Waals surface area (Å²) < 4.78 is 5.65. The Balaban J connectivity index is 2.23. The van der Waals surface area contributed by atoms with Crippen LogP contribution in [0.5, 0.6) is 0 Å². The molecule has 0 spiro atoms. The molecule has 15 heavy (non-hydrogen) atoms. The Morgan fingerprint density at radius 1 is 1.07 bits per heavy atom. The summed E-state index contributed by atoms with van der Waals surface area (Å²) in [6, 6.07) is 10.8. The Bertz CT molecular complexity index is 310. The summed E-state index contributed by atoms with van der Waals surface area (Å²) in [6.45, 7) is 8.71. The van der Waals surface area contributed by atoms with Crippen molar-refractivity contribution in [2.24, 2.45) is 11.3 Å². The lowest BCUT2D eigenvalue weighted by Gasteiger charge is -2.30. The van der Waals surface area contributed by atoms with E-state index in [-0.39, 0.29) is 0 Å². The Morgan fingerprint density at radius 3 is 2.33 bits per heavy atom. The third-order valence-corrected chi connectivity index (χ3v) is 3.42. The molecule has 0 saturated carbocycles. The molecule has 2 atom stereocenters. The highest BCUT2D eigenvalue weighted by Crippen LogP contribution is 2.41. The topological polar surface area (TPSA) is 9.23 Å². The van der Waals surface area contributed by atoms with Crippen molar-refractivity contribution in [3.05, 3.63) is 35.9 Å². The molecule has 1 fully saturated rings. The Kier molecular flexibility index (Phi) is 2.83. The molecule has 1 heteroatoms. The van der Waals surface area contributed by atoms with Crippen molar-refractivity contribution in [3.63, 3.8) is 0 Å². The van der Waals surface area contributed by atoms with Crippen molar-refractivity contribution in [1.82, 2.24) is 0 Å². The smallest absolute Gasteiger partial charge is 0.0538 e. The van der Waals surface area contributed by atoms with Crippen LogP contribution >= 0.6 is 0 Å². The van der Waals surface area contributed by atoms with E-state index in [4.69, 9.17) is 4.74 Å². The second-order valence-electron chi connectivity index (χ2n) is 5.53. The molecule has 1 saturated heterocycles. The predicted octanol–water partition coefficient (Wildman–Crippen LogP) is 3.46. The van der Waals surface area contributed by atoms with Crippen molar-refractivity contribution in [3.8, 4) is 0 Å². The summed E-state index contributed by atoms with van der Waals surface area (Å²) in [5.74, 6) is 1.21. The van der Waals surface area contributed by atoms with Gasteiger partial charge in [-0.25, -0.2) is 0 Å². The van der Waals surface area contributed by atoms with Gasteiger partial charge in [0.15, 0.2) is 0 Å². The first kappa shape index (κ1) is 10.7. The van der Waals surface area contributed by atoms with Crippen LogP contribution in [-0.4, -0.2) is 13.2 Å². The average Bonchev–Trinajstić information content (AvgIpc) is 2.67. The predicted molar refractivity (Wildman–Crippen MR) is 62.9 cm³/mol. The van der Waals surface area contributed by atoms with Gasteiger partial charge in [-0.3, -0.25) is 0 Å². The van der Waals surface area contributed by atoms with Gasteiger partial charge in [0.25, 0.3) is 0 Å². The summed E-state index contributed by atoms with van der Waals surface area (Å²) in [5.41, 5.74) is 1.76. The molecular weight excluding hydrogens is 184 g/mol. The molecule has 1 aromatic carbocycles. The normalized spacial score (nSPS) is 26.9. The maximum Gasteiger partial charge on any atom is 0.0538 e. The van der Waals surface area contributed by atoms with Crippen LogP contribution in [0.1, 0.15) is 32.3 Å². The van der Waals surface area contributed by atoms with E-state index in [1.165, 1.54) is 5.56 Å². The lowest BCUT2D eigenvalue weighted by atomic mass is 9.73. The van der Waals surface area contributed by atoms with Crippen LogP contribution in [0.25, 0.3) is 0 Å². The van der Waals surface area contributed by atoms with Crippen molar-refractivity contribution in [2.75, 3.05) is 13.2 Å². The van der Waals surface area contributed by atoms with Gasteiger partial charge in [0.1, 0.15) is 0 Å². The molecule has 0 bridgehead atoms. The van der Waals surface area contributed by atoms with Crippen molar-refractivity contribution >= 4 is 0 Å². The second-order valence-corrected chi connectivity index (χ2v) is 5.53. The summed E-state index contributed by atoms with van der Waals surface area (Å²) >= 11 is 0. The minimum Gasteiger partial charge on any atom is -0.380 e. The van der Waals surface area contributed by atoms with Crippen LogP contribution < -0.4 is 0 Å². The van der Waals surface area contributed by atoms with Gasteiger partial charge in [0.2, 0.25) is 0 Å². The monoisotopic (exact) mass is 204 g/mol. The molecule has 2 rings (SSSR count). The first-order chi connectivity index (χ1) is 7.09. The van der Waals surface area contributed by atoms with E-state index in [1.807, 2.05) is 0 Å². The average molecular weight is 204 g/mol. The van der Waals surface area contributed by atoms with E-state index >= 15 is 0 Å². The number of hydrogen-bond acceptors (Lipinski definition) is 1. The maximum absolute atomic E-state index is 5.65. The van der Waals surface area contributed by atoms with Gasteiger partial charge in [0, 0.05) is 5.92 Å². The summed E-state index contributed by atoms with van der Waals surface area (Å²) in [6.07, 6.45) is 0. The largest absolute Gasteiger partial charge is 0.380 e. The van der Waals surface area contributed by atoms with Crippen molar-refractivity contribution in [2.45, 2.75) is 26.7 Å². The highest BCUT2D eigenvalue weighted by atomic mass is 16.5. The molecule has 1 aromatic rings. The lowest BCUT2D eigenvalue weighted by Crippen LogP contribution is -2.25. The molecule has 0 aromatic heterocycles. The number of rotatable bonds is 1. The molecule has 1 heterocycles. The Morgan fingerprint density at radius 2 is 1.73 bits per heavy atom. The zero-order valence-electron chi connectivity index (χ0n) is 9.86. The number of hydrogen-bond donors (Lipinski definition) is 0. The molecule has 0 radical (unpaired) electrons. The second kappa shape index (κ2) is 3.97. The van der Waals surface area contributed by atoms with E-state index in [2.05, 4.69) is 51.1 Å². The van der Waals surface area contributed by atoms with E-state index in [1.54, 1.807) is 0 Å². The molecule has 0 aliphatic carbocycles. The zero-order chi connectivity index (χ0) is 10.9. The Labute approximate surface area is 92.5 Å². The standard InChI is InChI=1S/C14H20O/c1-14(2,3)13-10-15-9-12(13)11-7-5-4-6-8-11/h4-8,12-13H,9-10H2,1-3H3/t12-,13+/m0/s1. The van der Waals surface area contributed by atoms with Gasteiger partial charge in [-0.1, -0.05) is 51.1 Å². The van der Waals surface area contributed by atoms with Crippen LogP contribution in [0.3, 0.4) is 0 Å². The van der Waals surface area contributed by atoms with Crippen molar-refractivity contribution < 1.29 is 4.74 Å². The van der Waals surface area contributed by atoms with Crippen LogP contribution in [0.4, 0.5) is 0 Å². The number of ether oxygens (including phenoxy) is 1. The van der Waals surface area contributed by atoms with Crippen LogP contribution in [0, 0.1) is 11.3 Å². The van der Waals surface area contributed by atoms with Gasteiger partial charge in [-0.15, -0.1) is 0 Å². The number of benzene rings is 1. The highest BCUT2D eigenvalue weighted by molar-refractivity contribution is 5.22. The third kappa shape index (κ3) is 2.23. The quantitative estimate of drug-likeness (QED) is 0.680. The van der Waals surface area contributed by atoms with Crippen molar-refractivity contribution in [1.29, 1.82) is 0 Å². The van der Waals surface area contributed by atoms with Crippen LogP contribution in [0.15, 0.2) is 30.3 Å². The van der Waals surface area contributed by atoms with Crippen LogP contribution in [0.2, 0.25) is 0 Å². The van der Waals surface area contributed by atoms with E-state index in [0.29, 0.717) is 17.3 Å². The minimum atomic E-state index is 0.330. The maximum atomic E-state index is 5.65. The molecular formula is C14H20O. The SMILES string of the molecule is CC(C)(C)[C@@H]1COC[C@H]1c1ccccc1. The third-order valence-electron chi connectivity index (χ3n) is 3.42. The van der Waals surface area contributed by atoms with E-state index in [9.17, 15) is 0 Å². The minimum absolute atomic E-state index is 0.330. The fourth-order valence-electron chi connectivity index (χ4n) is 2.44. The first-order valence-electron chi connectivity index (χ1n) is 5.72.